The van der Waals surface area contributed by atoms with Gasteiger partial charge in [-0.15, -0.1) is 0 Å². The Morgan fingerprint density at radius 2 is 0.581 bits per heavy atom. The van der Waals surface area contributed by atoms with E-state index in [0.29, 0.717) is 0 Å². The van der Waals surface area contributed by atoms with Gasteiger partial charge in [-0.25, -0.2) is 28.8 Å². The van der Waals surface area contributed by atoms with Crippen LogP contribution in [0.3, 0.4) is 0 Å². The van der Waals surface area contributed by atoms with Crippen molar-refractivity contribution in [1.29, 1.82) is 0 Å². The number of aliphatic hydroxyl groups is 6. The summed E-state index contributed by atoms with van der Waals surface area (Å²) in [4.78, 5) is 61.6. The molecule has 0 amide bonds. The molecular formula is C12H16MgO18+2. The van der Waals surface area contributed by atoms with E-state index in [2.05, 4.69) is 0 Å². The van der Waals surface area contributed by atoms with E-state index in [-0.39, 0.29) is 23.1 Å². The van der Waals surface area contributed by atoms with Gasteiger partial charge >= 0.3 is 58.9 Å². The van der Waals surface area contributed by atoms with E-state index in [1.54, 1.807) is 0 Å². The molecule has 0 aliphatic rings. The van der Waals surface area contributed by atoms with Gasteiger partial charge in [-0.2, -0.15) is 0 Å². The normalized spacial score (nSPS) is 18.0. The summed E-state index contributed by atoms with van der Waals surface area (Å²) in [7, 11) is 0. The second kappa shape index (κ2) is 12.3. The van der Waals surface area contributed by atoms with Crippen molar-refractivity contribution in [2.45, 2.75) is 35.6 Å². The third-order valence-corrected chi connectivity index (χ3v) is 3.29. The number of carbonyl (C=O) groups is 6. The second-order valence-corrected chi connectivity index (χ2v) is 5.22. The number of rotatable bonds is 10. The summed E-state index contributed by atoms with van der Waals surface area (Å²) in [6.45, 7) is 0. The Hall–Kier alpha value is -2.65. The van der Waals surface area contributed by atoms with E-state index in [1.165, 1.54) is 0 Å². The average Bonchev–Trinajstić information content (AvgIpc) is 2.63. The van der Waals surface area contributed by atoms with Crippen molar-refractivity contribution in [3.05, 3.63) is 0 Å². The van der Waals surface area contributed by atoms with Gasteiger partial charge in [0.15, 0.2) is 24.4 Å². The molecule has 172 valence electrons. The number of carboxylic acid groups (broad SMARTS) is 6. The maximum absolute atomic E-state index is 10.4. The van der Waals surface area contributed by atoms with Crippen LogP contribution in [0.5, 0.6) is 0 Å². The molecule has 0 aliphatic carbocycles. The van der Waals surface area contributed by atoms with E-state index >= 15 is 0 Å². The Morgan fingerprint density at radius 3 is 0.645 bits per heavy atom. The summed E-state index contributed by atoms with van der Waals surface area (Å²) in [6, 6.07) is 0. The largest absolute Gasteiger partial charge is 2.00 e. The first-order valence-corrected chi connectivity index (χ1v) is 6.86. The first-order chi connectivity index (χ1) is 13.3. The Kier molecular flexibility index (Phi) is 13.1. The maximum atomic E-state index is 10.4. The predicted molar refractivity (Wildman–Crippen MR) is 85.5 cm³/mol. The van der Waals surface area contributed by atoms with Crippen LogP contribution in [0.2, 0.25) is 0 Å². The zero-order valence-electron chi connectivity index (χ0n) is 14.8. The Bertz CT molecular complexity index is 616. The van der Waals surface area contributed by atoms with Crippen molar-refractivity contribution in [1.82, 2.24) is 0 Å². The first-order valence-electron chi connectivity index (χ1n) is 6.86. The van der Waals surface area contributed by atoms with Gasteiger partial charge in [-0.05, 0) is 0 Å². The number of aliphatic carboxylic acids is 6. The van der Waals surface area contributed by atoms with Crippen LogP contribution in [-0.2, 0) is 28.8 Å². The Morgan fingerprint density at radius 1 is 0.452 bits per heavy atom. The van der Waals surface area contributed by atoms with Gasteiger partial charge in [0.05, 0.1) is 0 Å². The fourth-order valence-electron chi connectivity index (χ4n) is 1.52. The minimum absolute atomic E-state index is 0. The SMILES string of the molecule is O=C(O)C(O)C(O)(C(=O)O)C(O)C(=O)O.O=C(O)C(O)C(O)(C(=O)O)C(O)C(=O)O.[Mg+2]. The molecule has 0 radical (unpaired) electrons. The van der Waals surface area contributed by atoms with Gasteiger partial charge in [0.2, 0.25) is 11.2 Å². The number of aliphatic hydroxyl groups excluding tert-OH is 4. The molecule has 0 bridgehead atoms. The molecule has 0 rings (SSSR count). The zero-order chi connectivity index (χ0) is 24.8. The third kappa shape index (κ3) is 7.21. The van der Waals surface area contributed by atoms with Crippen molar-refractivity contribution in [3.63, 3.8) is 0 Å². The molecule has 4 atom stereocenters. The van der Waals surface area contributed by atoms with Gasteiger partial charge < -0.3 is 61.3 Å². The fraction of sp³-hybridized carbons (Fsp3) is 0.500. The standard InChI is InChI=1S/2C6H8O9.Mg/c2*7-1(3(9)10)6(15,5(13)14)2(8)4(11)12;/h2*1-2,7-8,15H,(H,9,10)(H,11,12)(H,13,14);/q;;+2. The molecule has 0 aromatic heterocycles. The Labute approximate surface area is 185 Å². The zero-order valence-corrected chi connectivity index (χ0v) is 16.2. The molecule has 0 spiro atoms. The number of hydrogen-bond acceptors (Lipinski definition) is 12. The minimum Gasteiger partial charge on any atom is -0.479 e. The van der Waals surface area contributed by atoms with Crippen LogP contribution >= 0.6 is 0 Å². The average molecular weight is 473 g/mol. The van der Waals surface area contributed by atoms with Crippen molar-refractivity contribution >= 4 is 58.9 Å². The van der Waals surface area contributed by atoms with Crippen LogP contribution in [0.15, 0.2) is 0 Å². The number of hydrogen-bond donors (Lipinski definition) is 12. The summed E-state index contributed by atoms with van der Waals surface area (Å²) in [5.41, 5.74) is -7.42. The summed E-state index contributed by atoms with van der Waals surface area (Å²) in [5.74, 6) is -13.5. The molecule has 12 N–H and O–H groups in total. The van der Waals surface area contributed by atoms with Crippen molar-refractivity contribution in [2.75, 3.05) is 0 Å². The molecule has 0 aromatic rings. The summed E-state index contributed by atoms with van der Waals surface area (Å²) >= 11 is 0. The monoisotopic (exact) mass is 472 g/mol. The van der Waals surface area contributed by atoms with E-state index in [0.717, 1.165) is 0 Å². The van der Waals surface area contributed by atoms with Crippen molar-refractivity contribution < 1.29 is 90.0 Å². The molecule has 0 aromatic carbocycles. The quantitative estimate of drug-likeness (QED) is 0.131. The summed E-state index contributed by atoms with van der Waals surface area (Å²) in [5, 5.41) is 103. The van der Waals surface area contributed by atoms with Gasteiger partial charge in [0.25, 0.3) is 0 Å². The molecule has 0 heterocycles. The second-order valence-electron chi connectivity index (χ2n) is 5.22. The third-order valence-electron chi connectivity index (χ3n) is 3.29. The van der Waals surface area contributed by atoms with Gasteiger partial charge in [0, 0.05) is 0 Å². The molecule has 4 unspecified atom stereocenters. The van der Waals surface area contributed by atoms with Crippen LogP contribution in [0.4, 0.5) is 0 Å². The minimum atomic E-state index is -3.71. The molecular weight excluding hydrogens is 456 g/mol. The van der Waals surface area contributed by atoms with E-state index in [4.69, 9.17) is 61.3 Å². The first kappa shape index (κ1) is 33.0. The van der Waals surface area contributed by atoms with E-state index in [1.807, 2.05) is 0 Å². The summed E-state index contributed by atoms with van der Waals surface area (Å²) < 4.78 is 0. The van der Waals surface area contributed by atoms with E-state index < -0.39 is 71.4 Å². The van der Waals surface area contributed by atoms with Crippen LogP contribution in [-0.4, -0.2) is 156 Å². The summed E-state index contributed by atoms with van der Waals surface area (Å²) in [6.07, 6.45) is -11.9. The fourth-order valence-corrected chi connectivity index (χ4v) is 1.52. The molecule has 19 heteroatoms. The van der Waals surface area contributed by atoms with Gasteiger partial charge in [-0.1, -0.05) is 0 Å². The molecule has 31 heavy (non-hydrogen) atoms. The van der Waals surface area contributed by atoms with Crippen LogP contribution in [0, 0.1) is 0 Å². The molecule has 0 fully saturated rings. The molecule has 0 saturated carbocycles. The molecule has 0 saturated heterocycles. The van der Waals surface area contributed by atoms with Crippen molar-refractivity contribution in [3.8, 4) is 0 Å². The predicted octanol–water partition coefficient (Wildman–Crippen LogP) is -6.99. The smallest absolute Gasteiger partial charge is 0.479 e. The van der Waals surface area contributed by atoms with Crippen LogP contribution in [0.25, 0.3) is 0 Å². The number of carboxylic acids is 6. The van der Waals surface area contributed by atoms with Crippen molar-refractivity contribution in [2.24, 2.45) is 0 Å². The van der Waals surface area contributed by atoms with Crippen LogP contribution in [0.1, 0.15) is 0 Å². The maximum Gasteiger partial charge on any atom is 2.00 e. The van der Waals surface area contributed by atoms with Gasteiger partial charge in [0.1, 0.15) is 0 Å². The van der Waals surface area contributed by atoms with E-state index in [9.17, 15) is 28.8 Å². The Balaban J connectivity index is -0.000000490. The molecule has 18 nitrogen and oxygen atoms in total. The van der Waals surface area contributed by atoms with Crippen LogP contribution < -0.4 is 0 Å². The molecule has 0 aliphatic heterocycles. The topological polar surface area (TPSA) is 345 Å². The van der Waals surface area contributed by atoms with Gasteiger partial charge in [-0.3, -0.25) is 0 Å².